The Morgan fingerprint density at radius 1 is 1.39 bits per heavy atom. The van der Waals surface area contributed by atoms with Crippen LogP contribution in [-0.2, 0) is 14.3 Å². The van der Waals surface area contributed by atoms with Crippen LogP contribution in [0.1, 0.15) is 12.5 Å². The Labute approximate surface area is 128 Å². The lowest BCUT2D eigenvalue weighted by Gasteiger charge is -2.15. The summed E-state index contributed by atoms with van der Waals surface area (Å²) in [4.78, 5) is 21.9. The van der Waals surface area contributed by atoms with Crippen molar-refractivity contribution in [3.8, 4) is 0 Å². The van der Waals surface area contributed by atoms with Gasteiger partial charge in [-0.05, 0) is 19.1 Å². The van der Waals surface area contributed by atoms with Crippen molar-refractivity contribution in [3.63, 3.8) is 0 Å². The van der Waals surface area contributed by atoms with Gasteiger partial charge in [0.25, 0.3) is 5.69 Å². The van der Waals surface area contributed by atoms with Gasteiger partial charge in [-0.15, -0.1) is 0 Å². The molecule has 1 unspecified atom stereocenters. The van der Waals surface area contributed by atoms with Crippen molar-refractivity contribution < 1.29 is 32.4 Å². The molecule has 0 N–H and O–H groups in total. The van der Waals surface area contributed by atoms with Gasteiger partial charge in [-0.25, -0.2) is 4.79 Å². The van der Waals surface area contributed by atoms with E-state index in [0.717, 1.165) is 12.1 Å². The molecule has 0 spiro atoms. The predicted molar refractivity (Wildman–Crippen MR) is 72.1 cm³/mol. The monoisotopic (exact) mass is 331 g/mol. The van der Waals surface area contributed by atoms with E-state index in [0.29, 0.717) is 0 Å². The molecule has 1 aromatic rings. The number of hydrogen-bond acceptors (Lipinski definition) is 5. The second-order valence-electron chi connectivity index (χ2n) is 4.67. The molecule has 0 amide bonds. The fourth-order valence-corrected chi connectivity index (χ4v) is 2.16. The zero-order valence-electron chi connectivity index (χ0n) is 11.9. The Balaban J connectivity index is 2.47. The summed E-state index contributed by atoms with van der Waals surface area (Å²) in [6, 6.07) is 4.70. The summed E-state index contributed by atoms with van der Waals surface area (Å²) >= 11 is 0. The number of nitro benzene ring substituents is 1. The van der Waals surface area contributed by atoms with Gasteiger partial charge in [0, 0.05) is 17.7 Å². The van der Waals surface area contributed by atoms with Crippen molar-refractivity contribution in [3.05, 3.63) is 45.5 Å². The normalized spacial score (nSPS) is 17.8. The van der Waals surface area contributed by atoms with Crippen LogP contribution in [0.3, 0.4) is 0 Å². The summed E-state index contributed by atoms with van der Waals surface area (Å²) in [6.07, 6.45) is -4.66. The molecule has 1 aliphatic rings. The van der Waals surface area contributed by atoms with Gasteiger partial charge < -0.3 is 9.47 Å². The molecule has 0 saturated carbocycles. The Bertz CT molecular complexity index is 651. The second-order valence-corrected chi connectivity index (χ2v) is 4.67. The van der Waals surface area contributed by atoms with E-state index >= 15 is 0 Å². The van der Waals surface area contributed by atoms with Gasteiger partial charge >= 0.3 is 12.1 Å². The van der Waals surface area contributed by atoms with Crippen LogP contribution >= 0.6 is 0 Å². The zero-order chi connectivity index (χ0) is 17.2. The molecule has 9 heteroatoms. The summed E-state index contributed by atoms with van der Waals surface area (Å²) in [5.41, 5.74) is -0.698. The van der Waals surface area contributed by atoms with Crippen LogP contribution < -0.4 is 0 Å². The molecule has 0 bridgehead atoms. The fourth-order valence-electron chi connectivity index (χ4n) is 2.16. The SMILES string of the molecule is CCOC(=O)C1=C(c2ccc([N+](=O)[O-])cc2)OCC1C(F)(F)F. The van der Waals surface area contributed by atoms with E-state index in [1.807, 2.05) is 0 Å². The molecule has 6 nitrogen and oxygen atoms in total. The summed E-state index contributed by atoms with van der Waals surface area (Å²) in [7, 11) is 0. The van der Waals surface area contributed by atoms with Crippen LogP contribution in [0.2, 0.25) is 0 Å². The summed E-state index contributed by atoms with van der Waals surface area (Å²) < 4.78 is 48.9. The van der Waals surface area contributed by atoms with Gasteiger partial charge in [-0.2, -0.15) is 13.2 Å². The Morgan fingerprint density at radius 2 is 2.00 bits per heavy atom. The number of non-ortho nitro benzene ring substituents is 1. The second kappa shape index (κ2) is 6.27. The number of nitro groups is 1. The van der Waals surface area contributed by atoms with E-state index < -0.39 is 35.2 Å². The number of nitrogens with zero attached hydrogens (tertiary/aromatic N) is 1. The fraction of sp³-hybridized carbons (Fsp3) is 0.357. The molecule has 0 aromatic heterocycles. The van der Waals surface area contributed by atoms with Gasteiger partial charge in [-0.1, -0.05) is 0 Å². The zero-order valence-corrected chi connectivity index (χ0v) is 11.9. The lowest BCUT2D eigenvalue weighted by atomic mass is 9.98. The summed E-state index contributed by atoms with van der Waals surface area (Å²) in [5.74, 6) is -3.46. The van der Waals surface area contributed by atoms with Gasteiger partial charge in [0.1, 0.15) is 18.3 Å². The smallest absolute Gasteiger partial charge is 0.399 e. The van der Waals surface area contributed by atoms with E-state index in [-0.39, 0.29) is 23.6 Å². The highest BCUT2D eigenvalue weighted by atomic mass is 19.4. The molecule has 0 aliphatic carbocycles. The lowest BCUT2D eigenvalue weighted by molar-refractivity contribution is -0.384. The molecule has 1 aromatic carbocycles. The number of carbonyl (C=O) groups is 1. The maximum Gasteiger partial charge on any atom is 0.399 e. The molecule has 0 radical (unpaired) electrons. The van der Waals surface area contributed by atoms with Gasteiger partial charge in [-0.3, -0.25) is 10.1 Å². The van der Waals surface area contributed by atoms with E-state index in [9.17, 15) is 28.1 Å². The van der Waals surface area contributed by atoms with Crippen molar-refractivity contribution in [1.29, 1.82) is 0 Å². The van der Waals surface area contributed by atoms with E-state index in [2.05, 4.69) is 4.74 Å². The van der Waals surface area contributed by atoms with Gasteiger partial charge in [0.15, 0.2) is 0 Å². The Kier molecular flexibility index (Phi) is 4.57. The first-order chi connectivity index (χ1) is 10.8. The molecule has 2 rings (SSSR count). The number of hydrogen-bond donors (Lipinski definition) is 0. The number of benzene rings is 1. The van der Waals surface area contributed by atoms with Crippen molar-refractivity contribution in [1.82, 2.24) is 0 Å². The number of esters is 1. The molecular weight excluding hydrogens is 319 g/mol. The minimum Gasteiger partial charge on any atom is -0.491 e. The van der Waals surface area contributed by atoms with Crippen molar-refractivity contribution in [2.24, 2.45) is 5.92 Å². The van der Waals surface area contributed by atoms with Crippen LogP contribution in [0.4, 0.5) is 18.9 Å². The van der Waals surface area contributed by atoms with Crippen LogP contribution in [0.25, 0.3) is 5.76 Å². The van der Waals surface area contributed by atoms with Crippen LogP contribution in [-0.4, -0.2) is 30.3 Å². The standard InChI is InChI=1S/C14H12F3NO5/c1-2-22-13(19)11-10(14(15,16)17)7-23-12(11)8-3-5-9(6-4-8)18(20)21/h3-6,10H,2,7H2,1H3. The topological polar surface area (TPSA) is 78.7 Å². The van der Waals surface area contributed by atoms with Crippen molar-refractivity contribution in [2.75, 3.05) is 13.2 Å². The number of rotatable bonds is 4. The van der Waals surface area contributed by atoms with Crippen molar-refractivity contribution >= 4 is 17.4 Å². The third kappa shape index (κ3) is 3.43. The lowest BCUT2D eigenvalue weighted by Crippen LogP contribution is -2.29. The summed E-state index contributed by atoms with van der Waals surface area (Å²) in [6.45, 7) is 0.660. The first kappa shape index (κ1) is 16.8. The average Bonchev–Trinajstić information content (AvgIpc) is 2.92. The molecule has 124 valence electrons. The molecule has 0 fully saturated rings. The third-order valence-corrected chi connectivity index (χ3v) is 3.22. The molecule has 0 saturated heterocycles. The number of ether oxygens (including phenoxy) is 2. The van der Waals surface area contributed by atoms with Crippen LogP contribution in [0, 0.1) is 16.0 Å². The predicted octanol–water partition coefficient (Wildman–Crippen LogP) is 3.08. The van der Waals surface area contributed by atoms with E-state index in [1.54, 1.807) is 0 Å². The molecule has 23 heavy (non-hydrogen) atoms. The number of carbonyl (C=O) groups excluding carboxylic acids is 1. The summed E-state index contributed by atoms with van der Waals surface area (Å²) in [5, 5.41) is 10.6. The van der Waals surface area contributed by atoms with E-state index in [4.69, 9.17) is 4.74 Å². The minimum atomic E-state index is -4.66. The number of alkyl halides is 3. The van der Waals surface area contributed by atoms with Gasteiger partial charge in [0.05, 0.1) is 17.1 Å². The van der Waals surface area contributed by atoms with Crippen molar-refractivity contribution in [2.45, 2.75) is 13.1 Å². The first-order valence-electron chi connectivity index (χ1n) is 6.61. The minimum absolute atomic E-state index is 0.0829. The molecule has 1 atom stereocenters. The third-order valence-electron chi connectivity index (χ3n) is 3.22. The highest BCUT2D eigenvalue weighted by Crippen LogP contribution is 2.42. The Hall–Kier alpha value is -2.58. The molecule has 1 heterocycles. The molecular formula is C14H12F3NO5. The van der Waals surface area contributed by atoms with Crippen LogP contribution in [0.5, 0.6) is 0 Å². The van der Waals surface area contributed by atoms with Gasteiger partial charge in [0.2, 0.25) is 0 Å². The first-order valence-corrected chi connectivity index (χ1v) is 6.61. The highest BCUT2D eigenvalue weighted by Gasteiger charge is 2.50. The quantitative estimate of drug-likeness (QED) is 0.481. The largest absolute Gasteiger partial charge is 0.491 e. The Morgan fingerprint density at radius 3 is 2.48 bits per heavy atom. The van der Waals surface area contributed by atoms with E-state index in [1.165, 1.54) is 19.1 Å². The average molecular weight is 331 g/mol. The maximum atomic E-state index is 13.1. The maximum absolute atomic E-state index is 13.1. The van der Waals surface area contributed by atoms with Crippen LogP contribution in [0.15, 0.2) is 29.8 Å². The number of halogens is 3. The highest BCUT2D eigenvalue weighted by molar-refractivity contribution is 5.98. The molecule has 1 aliphatic heterocycles.